The molecular formula is C12H12N2O4S3. The number of esters is 1. The average molecular weight is 344 g/mol. The highest BCUT2D eigenvalue weighted by Gasteiger charge is 2.21. The minimum Gasteiger partial charge on any atom is -0.457 e. The van der Waals surface area contributed by atoms with Gasteiger partial charge < -0.3 is 4.74 Å². The van der Waals surface area contributed by atoms with E-state index in [0.29, 0.717) is 5.69 Å². The predicted octanol–water partition coefficient (Wildman–Crippen LogP) is 2.66. The third-order valence-corrected chi connectivity index (χ3v) is 6.21. The molecular weight excluding hydrogens is 332 g/mol. The molecule has 9 heteroatoms. The zero-order valence-corrected chi connectivity index (χ0v) is 13.5. The van der Waals surface area contributed by atoms with E-state index in [1.165, 1.54) is 12.1 Å². The molecule has 0 bridgehead atoms. The minimum atomic E-state index is -3.67. The van der Waals surface area contributed by atoms with Crippen molar-refractivity contribution in [3.63, 3.8) is 0 Å². The number of aryl methyl sites for hydroxylation is 1. The van der Waals surface area contributed by atoms with Crippen molar-refractivity contribution in [2.24, 2.45) is 0 Å². The summed E-state index contributed by atoms with van der Waals surface area (Å²) >= 11 is 2.04. The lowest BCUT2D eigenvalue weighted by molar-refractivity contribution is 0.0554. The van der Waals surface area contributed by atoms with Crippen molar-refractivity contribution in [3.8, 4) is 0 Å². The summed E-state index contributed by atoms with van der Waals surface area (Å²) in [6.45, 7) is 5.16. The van der Waals surface area contributed by atoms with Crippen molar-refractivity contribution in [1.82, 2.24) is 4.98 Å². The number of carbonyl (C=O) groups excluding carboxylic acids is 1. The maximum Gasteiger partial charge on any atom is 0.350 e. The third-order valence-electron chi connectivity index (χ3n) is 2.30. The quantitative estimate of drug-likeness (QED) is 0.643. The van der Waals surface area contributed by atoms with Crippen LogP contribution >= 0.6 is 22.7 Å². The number of anilines is 1. The molecule has 0 aliphatic rings. The van der Waals surface area contributed by atoms with Crippen LogP contribution in [0.15, 0.2) is 34.4 Å². The summed E-state index contributed by atoms with van der Waals surface area (Å²) in [5, 5.41) is 1.80. The Morgan fingerprint density at radius 1 is 1.57 bits per heavy atom. The van der Waals surface area contributed by atoms with Crippen LogP contribution in [0.25, 0.3) is 0 Å². The van der Waals surface area contributed by atoms with Gasteiger partial charge in [0, 0.05) is 0 Å². The van der Waals surface area contributed by atoms with E-state index >= 15 is 0 Å². The van der Waals surface area contributed by atoms with Crippen LogP contribution < -0.4 is 4.72 Å². The topological polar surface area (TPSA) is 85.4 Å². The van der Waals surface area contributed by atoms with E-state index in [0.717, 1.165) is 22.7 Å². The number of thiazole rings is 1. The second-order valence-corrected chi connectivity index (χ2v) is 7.71. The van der Waals surface area contributed by atoms with Gasteiger partial charge in [-0.15, -0.1) is 11.3 Å². The Labute approximate surface area is 130 Å². The number of hydrogen-bond acceptors (Lipinski definition) is 7. The first kappa shape index (κ1) is 15.7. The second-order valence-electron chi connectivity index (χ2n) is 3.86. The summed E-state index contributed by atoms with van der Waals surface area (Å²) in [6, 6.07) is 3.14. The molecule has 2 aromatic rings. The van der Waals surface area contributed by atoms with Gasteiger partial charge in [-0.2, -0.15) is 0 Å². The molecule has 2 heterocycles. The average Bonchev–Trinajstić information content (AvgIpc) is 3.05. The minimum absolute atomic E-state index is 0.0897. The molecule has 0 spiro atoms. The molecule has 0 amide bonds. The van der Waals surface area contributed by atoms with E-state index in [9.17, 15) is 13.2 Å². The fourth-order valence-electron chi connectivity index (χ4n) is 1.41. The third kappa shape index (κ3) is 3.69. The SMILES string of the molecule is C=CCOC(=O)c1sc(NS(=O)(=O)c2cccs2)nc1C. The molecule has 2 rings (SSSR count). The van der Waals surface area contributed by atoms with Crippen molar-refractivity contribution >= 4 is 43.8 Å². The summed E-state index contributed by atoms with van der Waals surface area (Å²) in [5.41, 5.74) is 0.415. The highest BCUT2D eigenvalue weighted by molar-refractivity contribution is 7.94. The maximum atomic E-state index is 12.1. The molecule has 0 saturated carbocycles. The van der Waals surface area contributed by atoms with Crippen LogP contribution in [0, 0.1) is 6.92 Å². The molecule has 6 nitrogen and oxygen atoms in total. The van der Waals surface area contributed by atoms with Crippen LogP contribution in [0.5, 0.6) is 0 Å². The number of ether oxygens (including phenoxy) is 1. The zero-order chi connectivity index (χ0) is 15.5. The lowest BCUT2D eigenvalue weighted by atomic mass is 10.4. The number of thiophene rings is 1. The van der Waals surface area contributed by atoms with Crippen LogP contribution in [0.3, 0.4) is 0 Å². The summed E-state index contributed by atoms with van der Waals surface area (Å²) < 4.78 is 31.6. The van der Waals surface area contributed by atoms with Gasteiger partial charge in [0.2, 0.25) is 0 Å². The van der Waals surface area contributed by atoms with Crippen molar-refractivity contribution < 1.29 is 17.9 Å². The number of rotatable bonds is 6. The highest BCUT2D eigenvalue weighted by atomic mass is 32.2. The van der Waals surface area contributed by atoms with Gasteiger partial charge in [0.15, 0.2) is 5.13 Å². The summed E-state index contributed by atoms with van der Waals surface area (Å²) in [6.07, 6.45) is 1.45. The Balaban J connectivity index is 2.19. The maximum absolute atomic E-state index is 12.1. The number of sulfonamides is 1. The molecule has 2 aromatic heterocycles. The van der Waals surface area contributed by atoms with Gasteiger partial charge in [0.05, 0.1) is 5.69 Å². The second kappa shape index (κ2) is 6.37. The first-order chi connectivity index (χ1) is 9.94. The molecule has 1 N–H and O–H groups in total. The van der Waals surface area contributed by atoms with E-state index in [1.54, 1.807) is 18.4 Å². The zero-order valence-electron chi connectivity index (χ0n) is 11.0. The summed E-state index contributed by atoms with van der Waals surface area (Å²) in [4.78, 5) is 16.1. The van der Waals surface area contributed by atoms with Crippen LogP contribution in [-0.4, -0.2) is 26.0 Å². The normalized spacial score (nSPS) is 11.1. The molecule has 0 atom stereocenters. The molecule has 0 aromatic carbocycles. The molecule has 0 fully saturated rings. The van der Waals surface area contributed by atoms with Crippen LogP contribution in [0.2, 0.25) is 0 Å². The molecule has 0 aliphatic heterocycles. The van der Waals surface area contributed by atoms with E-state index in [2.05, 4.69) is 16.3 Å². The lowest BCUT2D eigenvalue weighted by Gasteiger charge is -2.01. The molecule has 21 heavy (non-hydrogen) atoms. The van der Waals surface area contributed by atoms with E-state index in [1.807, 2.05) is 0 Å². The van der Waals surface area contributed by atoms with E-state index in [4.69, 9.17) is 4.74 Å². The summed E-state index contributed by atoms with van der Waals surface area (Å²) in [7, 11) is -3.67. The van der Waals surface area contributed by atoms with Gasteiger partial charge >= 0.3 is 5.97 Å². The number of nitrogens with zero attached hydrogens (tertiary/aromatic N) is 1. The van der Waals surface area contributed by atoms with Crippen molar-refractivity contribution in [2.75, 3.05) is 11.3 Å². The highest BCUT2D eigenvalue weighted by Crippen LogP contribution is 2.26. The number of carbonyl (C=O) groups is 1. The smallest absolute Gasteiger partial charge is 0.350 e. The van der Waals surface area contributed by atoms with Gasteiger partial charge in [0.1, 0.15) is 15.7 Å². The van der Waals surface area contributed by atoms with Crippen LogP contribution in [0.1, 0.15) is 15.4 Å². The van der Waals surface area contributed by atoms with E-state index in [-0.39, 0.29) is 20.8 Å². The monoisotopic (exact) mass is 344 g/mol. The fraction of sp³-hybridized carbons (Fsp3) is 0.167. The van der Waals surface area contributed by atoms with Crippen molar-refractivity contribution in [3.05, 3.63) is 40.7 Å². The number of aromatic nitrogens is 1. The largest absolute Gasteiger partial charge is 0.457 e. The first-order valence-electron chi connectivity index (χ1n) is 5.76. The lowest BCUT2D eigenvalue weighted by Crippen LogP contribution is -2.11. The number of nitrogens with one attached hydrogen (secondary N) is 1. The van der Waals surface area contributed by atoms with Crippen molar-refractivity contribution in [1.29, 1.82) is 0 Å². The predicted molar refractivity (Wildman–Crippen MR) is 82.5 cm³/mol. The van der Waals surface area contributed by atoms with Gasteiger partial charge in [-0.3, -0.25) is 4.72 Å². The van der Waals surface area contributed by atoms with Crippen LogP contribution in [0.4, 0.5) is 5.13 Å². The Hall–Kier alpha value is -1.71. The molecule has 112 valence electrons. The van der Waals surface area contributed by atoms with Gasteiger partial charge in [-0.25, -0.2) is 18.2 Å². The molecule has 0 radical (unpaired) electrons. The molecule has 0 aliphatic carbocycles. The van der Waals surface area contributed by atoms with Gasteiger partial charge in [-0.05, 0) is 18.4 Å². The standard InChI is InChI=1S/C12H12N2O4S3/c1-3-6-18-11(15)10-8(2)13-12(20-10)14-21(16,17)9-5-4-7-19-9/h3-5,7H,1,6H2,2H3,(H,13,14). The van der Waals surface area contributed by atoms with Crippen molar-refractivity contribution in [2.45, 2.75) is 11.1 Å². The van der Waals surface area contributed by atoms with Gasteiger partial charge in [0.25, 0.3) is 10.0 Å². The Morgan fingerprint density at radius 2 is 2.33 bits per heavy atom. The molecule has 0 saturated heterocycles. The van der Waals surface area contributed by atoms with Crippen LogP contribution in [-0.2, 0) is 14.8 Å². The Bertz CT molecular complexity index is 748. The van der Waals surface area contributed by atoms with E-state index < -0.39 is 16.0 Å². The Kier molecular flexibility index (Phi) is 4.76. The molecule has 0 unspecified atom stereocenters. The van der Waals surface area contributed by atoms with Gasteiger partial charge in [-0.1, -0.05) is 30.1 Å². The summed E-state index contributed by atoms with van der Waals surface area (Å²) in [5.74, 6) is -0.550. The number of hydrogen-bond donors (Lipinski definition) is 1. The fourth-order valence-corrected chi connectivity index (χ4v) is 4.50. The Morgan fingerprint density at radius 3 is 2.95 bits per heavy atom. The first-order valence-corrected chi connectivity index (χ1v) is 8.93.